The molecule has 0 amide bonds. The minimum Gasteiger partial charge on any atom is -0.548 e. The third kappa shape index (κ3) is 47.5. The molecule has 342 valence electrons. The first-order valence-electron chi connectivity index (χ1n) is 27.1. The van der Waals surface area contributed by atoms with Gasteiger partial charge in [-0.25, -0.2) is 0 Å². The third-order valence-electron chi connectivity index (χ3n) is 13.1. The number of rotatable bonds is 51. The average Bonchev–Trinajstić information content (AvgIpc) is 3.21. The van der Waals surface area contributed by atoms with Gasteiger partial charge in [-0.15, -0.1) is 0 Å². The summed E-state index contributed by atoms with van der Waals surface area (Å²) in [6.07, 6.45) is 64.5. The molecule has 1 unspecified atom stereocenters. The van der Waals surface area contributed by atoms with Crippen LogP contribution in [0.25, 0.3) is 0 Å². The van der Waals surface area contributed by atoms with Crippen LogP contribution < -0.4 is 34.7 Å². The van der Waals surface area contributed by atoms with E-state index >= 15 is 0 Å². The van der Waals surface area contributed by atoms with Crippen LogP contribution in [-0.2, 0) is 4.79 Å². The first-order chi connectivity index (χ1) is 28.2. The second-order valence-electron chi connectivity index (χ2n) is 18.9. The van der Waals surface area contributed by atoms with E-state index in [1.54, 1.807) is 0 Å². The molecule has 0 aliphatic carbocycles. The van der Waals surface area contributed by atoms with Gasteiger partial charge in [0.1, 0.15) is 0 Å². The van der Waals surface area contributed by atoms with Crippen molar-refractivity contribution in [1.82, 2.24) is 4.90 Å². The first kappa shape index (κ1) is 60.5. The molecule has 0 spiro atoms. The quantitative estimate of drug-likeness (QED) is 0.0453. The van der Waals surface area contributed by atoms with E-state index in [9.17, 15) is 9.90 Å². The molecule has 0 fully saturated rings. The van der Waals surface area contributed by atoms with Gasteiger partial charge in [-0.3, -0.25) is 4.90 Å². The zero-order valence-corrected chi connectivity index (χ0v) is 43.0. The molecular weight excluding hydrogens is 718 g/mol. The molecule has 0 bridgehead atoms. The van der Waals surface area contributed by atoms with E-state index in [1.807, 2.05) is 0 Å². The average molecular weight is 826 g/mol. The molecule has 0 aromatic rings. The Kier molecular flexibility index (Phi) is 55.9. The van der Waals surface area contributed by atoms with E-state index < -0.39 is 12.0 Å². The van der Waals surface area contributed by atoms with Crippen LogP contribution in [0.3, 0.4) is 0 Å². The van der Waals surface area contributed by atoms with Crippen molar-refractivity contribution >= 4 is 5.97 Å². The van der Waals surface area contributed by atoms with Crippen LogP contribution in [0.1, 0.15) is 323 Å². The molecule has 0 saturated carbocycles. The van der Waals surface area contributed by atoms with Gasteiger partial charge in [0.15, 0.2) is 0 Å². The first-order valence-corrected chi connectivity index (χ1v) is 27.1. The van der Waals surface area contributed by atoms with Gasteiger partial charge in [0.2, 0.25) is 0 Å². The Morgan fingerprint density at radius 3 is 0.655 bits per heavy atom. The van der Waals surface area contributed by atoms with Crippen LogP contribution in [-0.4, -0.2) is 30.0 Å². The Bertz CT molecular complexity index is 699. The summed E-state index contributed by atoms with van der Waals surface area (Å²) >= 11 is 0. The third-order valence-corrected chi connectivity index (χ3v) is 13.1. The van der Waals surface area contributed by atoms with Crippen molar-refractivity contribution in [3.63, 3.8) is 0 Å². The number of carbonyl (C=O) groups excluding carboxylic acids is 1. The summed E-state index contributed by atoms with van der Waals surface area (Å²) in [6, 6.07) is -0.394. The predicted octanol–water partition coefficient (Wildman–Crippen LogP) is 14.8. The van der Waals surface area contributed by atoms with Gasteiger partial charge in [0, 0.05) is 6.04 Å². The maximum atomic E-state index is 12.1. The number of carbonyl (C=O) groups is 1. The predicted molar refractivity (Wildman–Crippen MR) is 254 cm³/mol. The summed E-state index contributed by atoms with van der Waals surface area (Å²) in [7, 11) is 0. The van der Waals surface area contributed by atoms with E-state index in [0.29, 0.717) is 0 Å². The zero-order valence-electron chi connectivity index (χ0n) is 41.0. The van der Waals surface area contributed by atoms with Gasteiger partial charge in [-0.1, -0.05) is 303 Å². The Morgan fingerprint density at radius 1 is 0.310 bits per heavy atom. The molecule has 4 heteroatoms. The summed E-state index contributed by atoms with van der Waals surface area (Å²) in [4.78, 5) is 14.4. The number of carboxylic acid groups (broad SMARTS) is 1. The fraction of sp³-hybridized carbons (Fsp3) is 0.981. The van der Waals surface area contributed by atoms with Gasteiger partial charge in [-0.05, 0) is 32.4 Å². The van der Waals surface area contributed by atoms with Crippen LogP contribution in [0.15, 0.2) is 0 Å². The fourth-order valence-electron chi connectivity index (χ4n) is 9.12. The van der Waals surface area contributed by atoms with Crippen LogP contribution in [0.2, 0.25) is 0 Å². The minimum absolute atomic E-state index is 0. The fourth-order valence-corrected chi connectivity index (χ4v) is 9.12. The Balaban J connectivity index is 0. The minimum atomic E-state index is -0.846. The molecule has 0 saturated heterocycles. The molecule has 0 aliphatic rings. The van der Waals surface area contributed by atoms with E-state index in [-0.39, 0.29) is 29.6 Å². The summed E-state index contributed by atoms with van der Waals surface area (Å²) in [5.41, 5.74) is 0. The molecule has 0 aromatic carbocycles. The number of hydrogen-bond donors (Lipinski definition) is 0. The van der Waals surface area contributed by atoms with Crippen molar-refractivity contribution in [1.29, 1.82) is 0 Å². The number of unbranched alkanes of at least 4 members (excludes halogenated alkanes) is 43. The topological polar surface area (TPSA) is 43.4 Å². The van der Waals surface area contributed by atoms with Crippen molar-refractivity contribution in [3.05, 3.63) is 0 Å². The zero-order chi connectivity index (χ0) is 41.4. The summed E-state index contributed by atoms with van der Waals surface area (Å²) in [6.45, 7) is 8.63. The van der Waals surface area contributed by atoms with Gasteiger partial charge in [-0.2, -0.15) is 0 Å². The van der Waals surface area contributed by atoms with E-state index in [4.69, 9.17) is 0 Å². The maximum absolute atomic E-state index is 12.1. The van der Waals surface area contributed by atoms with Crippen molar-refractivity contribution in [2.75, 3.05) is 13.1 Å². The summed E-state index contributed by atoms with van der Waals surface area (Å²) in [5.74, 6) is -0.846. The number of carboxylic acids is 1. The maximum Gasteiger partial charge on any atom is 1.00 e. The van der Waals surface area contributed by atoms with Crippen molar-refractivity contribution in [3.8, 4) is 0 Å². The Hall–Kier alpha value is 0.430. The number of aliphatic carboxylic acids is 1. The molecular formula is C54H108NNaO2. The molecule has 0 N–H and O–H groups in total. The normalized spacial score (nSPS) is 12.1. The van der Waals surface area contributed by atoms with Crippen molar-refractivity contribution in [2.45, 2.75) is 329 Å². The van der Waals surface area contributed by atoms with E-state index in [0.717, 1.165) is 45.2 Å². The van der Waals surface area contributed by atoms with Crippen molar-refractivity contribution in [2.24, 2.45) is 0 Å². The van der Waals surface area contributed by atoms with Crippen molar-refractivity contribution < 1.29 is 39.5 Å². The van der Waals surface area contributed by atoms with Crippen LogP contribution in [0, 0.1) is 0 Å². The smallest absolute Gasteiger partial charge is 0.548 e. The second kappa shape index (κ2) is 53.6. The molecule has 58 heavy (non-hydrogen) atoms. The standard InChI is InChI=1S/C54H109NO2.Na/c1-4-7-10-12-14-16-18-20-22-24-26-28-30-32-34-36-38-40-42-44-46-48-51-55(53(54(56)57)50-9-6-3)52-49-47-45-43-41-39-37-35-33-31-29-27-25-23-21-19-17-15-13-11-8-5-2;/h53H,4-52H2,1-3H3,(H,56,57);/q;+1/p-1. The number of nitrogens with zero attached hydrogens (tertiary/aromatic N) is 1. The molecule has 0 rings (SSSR count). The Morgan fingerprint density at radius 2 is 0.483 bits per heavy atom. The molecule has 0 heterocycles. The van der Waals surface area contributed by atoms with Crippen LogP contribution >= 0.6 is 0 Å². The summed E-state index contributed by atoms with van der Waals surface area (Å²) in [5, 5.41) is 12.1. The monoisotopic (exact) mass is 826 g/mol. The molecule has 0 aromatic heterocycles. The van der Waals surface area contributed by atoms with Gasteiger partial charge in [0.05, 0.1) is 5.97 Å². The van der Waals surface area contributed by atoms with Crippen LogP contribution in [0.5, 0.6) is 0 Å². The second-order valence-corrected chi connectivity index (χ2v) is 18.9. The van der Waals surface area contributed by atoms with E-state index in [2.05, 4.69) is 25.7 Å². The molecule has 3 nitrogen and oxygen atoms in total. The number of hydrogen-bond acceptors (Lipinski definition) is 3. The SMILES string of the molecule is CCCCCCCCCCCCCCCCCCCCCCCCN(CCCCCCCCCCCCCCCCCCCCCCCC)C(CCCC)C(=O)[O-].[Na+]. The molecule has 1 atom stereocenters. The van der Waals surface area contributed by atoms with E-state index in [1.165, 1.54) is 270 Å². The van der Waals surface area contributed by atoms with Gasteiger partial charge in [0.25, 0.3) is 0 Å². The van der Waals surface area contributed by atoms with Gasteiger partial charge >= 0.3 is 29.6 Å². The molecule has 0 radical (unpaired) electrons. The van der Waals surface area contributed by atoms with Crippen LogP contribution in [0.4, 0.5) is 0 Å². The van der Waals surface area contributed by atoms with Gasteiger partial charge < -0.3 is 9.90 Å². The Labute approximate surface area is 389 Å². The largest absolute Gasteiger partial charge is 1.00 e. The summed E-state index contributed by atoms with van der Waals surface area (Å²) < 4.78 is 0. The molecule has 0 aliphatic heterocycles.